The summed E-state index contributed by atoms with van der Waals surface area (Å²) in [4.78, 5) is 62.0. The molecule has 182 valence electrons. The first-order valence-electron chi connectivity index (χ1n) is 11.5. The molecule has 0 bridgehead atoms. The highest BCUT2D eigenvalue weighted by atomic mass is 16.5. The molecule has 1 aliphatic heterocycles. The van der Waals surface area contributed by atoms with Crippen molar-refractivity contribution in [2.45, 2.75) is 19.8 Å². The number of anilines is 1. The zero-order chi connectivity index (χ0) is 25.7. The van der Waals surface area contributed by atoms with Crippen LogP contribution in [0.15, 0.2) is 72.8 Å². The molecule has 0 atom stereocenters. The summed E-state index contributed by atoms with van der Waals surface area (Å²) in [6.45, 7) is 1.65. The molecule has 0 aromatic heterocycles. The minimum Gasteiger partial charge on any atom is -0.454 e. The number of ketones is 1. The minimum atomic E-state index is -0.688. The molecular weight excluding hydrogens is 460 g/mol. The molecule has 3 aromatic carbocycles. The molecule has 36 heavy (non-hydrogen) atoms. The lowest BCUT2D eigenvalue weighted by atomic mass is 10.1. The van der Waals surface area contributed by atoms with Crippen LogP contribution in [0.2, 0.25) is 0 Å². The lowest BCUT2D eigenvalue weighted by molar-refractivity contribution is -0.118. The average molecular weight is 485 g/mol. The Morgan fingerprint density at radius 2 is 1.39 bits per heavy atom. The van der Waals surface area contributed by atoms with Crippen LogP contribution < -0.4 is 10.2 Å². The van der Waals surface area contributed by atoms with Gasteiger partial charge in [-0.1, -0.05) is 36.4 Å². The number of nitrogens with one attached hydrogen (secondary N) is 1. The zero-order valence-corrected chi connectivity index (χ0v) is 19.7. The van der Waals surface area contributed by atoms with E-state index >= 15 is 0 Å². The maximum atomic E-state index is 12.6. The Morgan fingerprint density at radius 3 is 1.97 bits per heavy atom. The lowest BCUT2D eigenvalue weighted by Crippen LogP contribution is -2.29. The number of esters is 1. The number of carbonyl (C=O) groups excluding carboxylic acids is 5. The molecule has 0 saturated carbocycles. The SMILES string of the molecule is CC(=O)NCCCc1ccc(C(=O)COC(=O)c2ccc(N3C(=O)c4ccccc4C3=O)cc2)cc1. The molecule has 0 saturated heterocycles. The molecule has 3 aromatic rings. The fraction of sp³-hybridized carbons (Fsp3) is 0.179. The van der Waals surface area contributed by atoms with Crippen molar-refractivity contribution in [1.82, 2.24) is 5.32 Å². The lowest BCUT2D eigenvalue weighted by Gasteiger charge is -2.14. The third-order valence-corrected chi connectivity index (χ3v) is 5.78. The second-order valence-corrected chi connectivity index (χ2v) is 8.32. The van der Waals surface area contributed by atoms with Gasteiger partial charge in [0.25, 0.3) is 11.8 Å². The Hall–Kier alpha value is -4.59. The Balaban J connectivity index is 1.30. The summed E-state index contributed by atoms with van der Waals surface area (Å²) in [5.41, 5.74) is 2.66. The van der Waals surface area contributed by atoms with E-state index in [0.717, 1.165) is 23.3 Å². The molecule has 0 spiro atoms. The number of carbonyl (C=O) groups is 5. The Labute approximate surface area is 207 Å². The van der Waals surface area contributed by atoms with Gasteiger partial charge in [0.05, 0.1) is 22.4 Å². The highest BCUT2D eigenvalue weighted by Gasteiger charge is 2.36. The molecule has 8 heteroatoms. The van der Waals surface area contributed by atoms with Gasteiger partial charge in [0.15, 0.2) is 12.4 Å². The summed E-state index contributed by atoms with van der Waals surface area (Å²) in [6, 6.07) is 19.5. The third-order valence-electron chi connectivity index (χ3n) is 5.78. The smallest absolute Gasteiger partial charge is 0.338 e. The van der Waals surface area contributed by atoms with Crippen LogP contribution in [0.4, 0.5) is 5.69 Å². The Morgan fingerprint density at radius 1 is 0.806 bits per heavy atom. The van der Waals surface area contributed by atoms with E-state index in [1.807, 2.05) is 12.1 Å². The van der Waals surface area contributed by atoms with Crippen molar-refractivity contribution < 1.29 is 28.7 Å². The normalized spacial score (nSPS) is 12.3. The number of aryl methyl sites for hydroxylation is 1. The van der Waals surface area contributed by atoms with Gasteiger partial charge in [0.2, 0.25) is 5.91 Å². The number of rotatable bonds is 9. The van der Waals surface area contributed by atoms with Gasteiger partial charge in [-0.25, -0.2) is 9.69 Å². The Bertz CT molecular complexity index is 1290. The zero-order valence-electron chi connectivity index (χ0n) is 19.7. The maximum absolute atomic E-state index is 12.6. The van der Waals surface area contributed by atoms with Crippen molar-refractivity contribution in [3.63, 3.8) is 0 Å². The molecule has 1 N–H and O–H groups in total. The molecular formula is C28H24N2O6. The molecule has 1 heterocycles. The van der Waals surface area contributed by atoms with Gasteiger partial charge in [0.1, 0.15) is 0 Å². The van der Waals surface area contributed by atoms with E-state index in [2.05, 4.69) is 5.32 Å². The standard InChI is InChI=1S/C28H24N2O6/c1-18(31)29-16-4-5-19-8-10-20(11-9-19)25(32)17-36-28(35)21-12-14-22(15-13-21)30-26(33)23-6-2-3-7-24(23)27(30)34/h2-3,6-15H,4-5,16-17H2,1H3,(H,29,31). The van der Waals surface area contributed by atoms with Crippen LogP contribution >= 0.6 is 0 Å². The summed E-state index contributed by atoms with van der Waals surface area (Å²) >= 11 is 0. The maximum Gasteiger partial charge on any atom is 0.338 e. The fourth-order valence-electron chi connectivity index (χ4n) is 3.88. The first-order valence-corrected chi connectivity index (χ1v) is 11.5. The largest absolute Gasteiger partial charge is 0.454 e. The van der Waals surface area contributed by atoms with Crippen LogP contribution in [0, 0.1) is 0 Å². The van der Waals surface area contributed by atoms with E-state index < -0.39 is 24.4 Å². The minimum absolute atomic E-state index is 0.0655. The van der Waals surface area contributed by atoms with E-state index in [0.29, 0.717) is 28.9 Å². The van der Waals surface area contributed by atoms with Crippen molar-refractivity contribution in [1.29, 1.82) is 0 Å². The Kier molecular flexibility index (Phi) is 7.34. The molecule has 0 aliphatic carbocycles. The molecule has 0 radical (unpaired) electrons. The highest BCUT2D eigenvalue weighted by Crippen LogP contribution is 2.28. The van der Waals surface area contributed by atoms with E-state index in [4.69, 9.17) is 4.74 Å². The van der Waals surface area contributed by atoms with E-state index in [-0.39, 0.29) is 17.3 Å². The highest BCUT2D eigenvalue weighted by molar-refractivity contribution is 6.34. The second-order valence-electron chi connectivity index (χ2n) is 8.32. The molecule has 8 nitrogen and oxygen atoms in total. The van der Waals surface area contributed by atoms with Crippen LogP contribution in [0.5, 0.6) is 0 Å². The quantitative estimate of drug-likeness (QED) is 0.215. The molecule has 3 amide bonds. The molecule has 4 rings (SSSR count). The van der Waals surface area contributed by atoms with Crippen molar-refractivity contribution in [2.24, 2.45) is 0 Å². The average Bonchev–Trinajstić information content (AvgIpc) is 3.15. The molecule has 0 unspecified atom stereocenters. The predicted octanol–water partition coefficient (Wildman–Crippen LogP) is 3.60. The van der Waals surface area contributed by atoms with Gasteiger partial charge in [-0.15, -0.1) is 0 Å². The van der Waals surface area contributed by atoms with Crippen LogP contribution in [0.25, 0.3) is 0 Å². The second kappa shape index (κ2) is 10.8. The number of Topliss-reactive ketones (excluding diaryl/α,β-unsaturated/α-hetero) is 1. The first kappa shape index (κ1) is 24.5. The number of benzene rings is 3. The van der Waals surface area contributed by atoms with Crippen LogP contribution in [0.1, 0.15) is 60.3 Å². The monoisotopic (exact) mass is 484 g/mol. The number of fused-ring (bicyclic) bond motifs is 1. The van der Waals surface area contributed by atoms with Crippen molar-refractivity contribution >= 4 is 35.2 Å². The van der Waals surface area contributed by atoms with Gasteiger partial charge in [0, 0.05) is 19.0 Å². The van der Waals surface area contributed by atoms with Crippen molar-refractivity contribution in [3.8, 4) is 0 Å². The third kappa shape index (κ3) is 5.38. The van der Waals surface area contributed by atoms with Gasteiger partial charge in [-0.2, -0.15) is 0 Å². The van der Waals surface area contributed by atoms with Crippen LogP contribution in [-0.2, 0) is 16.0 Å². The van der Waals surface area contributed by atoms with Gasteiger partial charge >= 0.3 is 5.97 Å². The number of hydrogen-bond donors (Lipinski definition) is 1. The van der Waals surface area contributed by atoms with Gasteiger partial charge in [-0.3, -0.25) is 19.2 Å². The summed E-state index contributed by atoms with van der Waals surface area (Å²) in [5.74, 6) is -1.93. The summed E-state index contributed by atoms with van der Waals surface area (Å²) in [5, 5.41) is 2.74. The number of nitrogens with zero attached hydrogens (tertiary/aromatic N) is 1. The van der Waals surface area contributed by atoms with E-state index in [1.54, 1.807) is 36.4 Å². The molecule has 0 fully saturated rings. The number of amides is 3. The number of ether oxygens (including phenoxy) is 1. The van der Waals surface area contributed by atoms with Crippen molar-refractivity contribution in [2.75, 3.05) is 18.1 Å². The first-order chi connectivity index (χ1) is 17.3. The summed E-state index contributed by atoms with van der Waals surface area (Å²) in [6.07, 6.45) is 1.55. The van der Waals surface area contributed by atoms with Crippen LogP contribution in [0.3, 0.4) is 0 Å². The van der Waals surface area contributed by atoms with Crippen LogP contribution in [-0.4, -0.2) is 42.6 Å². The van der Waals surface area contributed by atoms with Gasteiger partial charge in [-0.05, 0) is 54.8 Å². The number of hydrogen-bond acceptors (Lipinski definition) is 6. The summed E-state index contributed by atoms with van der Waals surface area (Å²) in [7, 11) is 0. The van der Waals surface area contributed by atoms with Gasteiger partial charge < -0.3 is 10.1 Å². The van der Waals surface area contributed by atoms with E-state index in [9.17, 15) is 24.0 Å². The topological polar surface area (TPSA) is 110 Å². The summed E-state index contributed by atoms with van der Waals surface area (Å²) < 4.78 is 5.16. The fourth-order valence-corrected chi connectivity index (χ4v) is 3.88. The molecule has 1 aliphatic rings. The van der Waals surface area contributed by atoms with E-state index in [1.165, 1.54) is 31.2 Å². The van der Waals surface area contributed by atoms with Crippen molar-refractivity contribution in [3.05, 3.63) is 101 Å². The number of imide groups is 1. The predicted molar refractivity (Wildman–Crippen MR) is 132 cm³/mol.